The number of hydrogen-bond donors (Lipinski definition) is 2. The van der Waals surface area contributed by atoms with Crippen molar-refractivity contribution in [1.29, 1.82) is 21.0 Å². The largest absolute Gasteiger partial charge is 0.487 e. The number of nitrogens with zero attached hydrogens (tertiary/aromatic N) is 6. The minimum atomic E-state index is 0.335. The predicted octanol–water partition coefficient (Wildman–Crippen LogP) is 12.1. The summed E-state index contributed by atoms with van der Waals surface area (Å²) in [6.07, 6.45) is 4.19. The molecule has 0 radical (unpaired) electrons. The van der Waals surface area contributed by atoms with E-state index in [1.165, 1.54) is 0 Å². The van der Waals surface area contributed by atoms with Crippen molar-refractivity contribution in [3.63, 3.8) is 0 Å². The number of anilines is 2. The molecule has 3 N–H and O–H groups in total. The van der Waals surface area contributed by atoms with Gasteiger partial charge in [-0.15, -0.1) is 0 Å². The topological polar surface area (TPSA) is 195 Å². The van der Waals surface area contributed by atoms with E-state index in [2.05, 4.69) is 51.7 Å². The van der Waals surface area contributed by atoms with Gasteiger partial charge in [0.15, 0.2) is 6.29 Å². The minimum Gasteiger partial charge on any atom is -0.487 e. The summed E-state index contributed by atoms with van der Waals surface area (Å²) in [6, 6.07) is 54.1. The molecule has 2 heterocycles. The first-order chi connectivity index (χ1) is 33.5. The molecule has 0 aliphatic rings. The van der Waals surface area contributed by atoms with Crippen LogP contribution in [0.3, 0.4) is 0 Å². The van der Waals surface area contributed by atoms with Crippen molar-refractivity contribution < 1.29 is 14.3 Å². The smallest absolute Gasteiger partial charge is 0.152 e. The van der Waals surface area contributed by atoms with Gasteiger partial charge in [0, 0.05) is 41.4 Å². The van der Waals surface area contributed by atoms with Crippen LogP contribution in [-0.2, 0) is 19.8 Å². The highest BCUT2D eigenvalue weighted by Gasteiger charge is 2.12. The van der Waals surface area contributed by atoms with Gasteiger partial charge in [-0.25, -0.2) is 0 Å². The second-order valence-electron chi connectivity index (χ2n) is 15.8. The van der Waals surface area contributed by atoms with E-state index in [0.717, 1.165) is 84.9 Å². The molecule has 0 saturated heterocycles. The molecule has 0 aliphatic carbocycles. The van der Waals surface area contributed by atoms with Crippen LogP contribution in [-0.4, -0.2) is 16.3 Å². The molecule has 0 fully saturated rings. The summed E-state index contributed by atoms with van der Waals surface area (Å²) in [5, 5.41) is 39.1. The van der Waals surface area contributed by atoms with Crippen LogP contribution in [0.25, 0.3) is 22.3 Å². The summed E-state index contributed by atoms with van der Waals surface area (Å²) in [4.78, 5) is 19.6. The zero-order valence-electron chi connectivity index (χ0n) is 38.7. The second-order valence-corrected chi connectivity index (χ2v) is 15.8. The quantitative estimate of drug-likeness (QED) is 0.0874. The van der Waals surface area contributed by atoms with Gasteiger partial charge >= 0.3 is 0 Å². The monoisotopic (exact) mass is 904 g/mol. The summed E-state index contributed by atoms with van der Waals surface area (Å²) >= 11 is 0. The van der Waals surface area contributed by atoms with E-state index in [0.29, 0.717) is 53.3 Å². The maximum atomic E-state index is 10.9. The number of aryl methyl sites for hydroxylation is 2. The van der Waals surface area contributed by atoms with Crippen LogP contribution in [0.1, 0.15) is 71.8 Å². The number of carbonyl (C=O) groups is 1. The lowest BCUT2D eigenvalue weighted by Crippen LogP contribution is -2.06. The molecule has 0 atom stereocenters. The maximum absolute atomic E-state index is 10.9. The first-order valence-corrected chi connectivity index (χ1v) is 21.8. The van der Waals surface area contributed by atoms with Gasteiger partial charge in [-0.3, -0.25) is 14.8 Å². The lowest BCUT2D eigenvalue weighted by molar-refractivity contribution is 0.112. The number of carbonyl (C=O) groups excluding carboxylic acids is 1. The number of nitrogens with two attached hydrogens (primary N) is 1. The Hall–Kier alpha value is -9.55. The summed E-state index contributed by atoms with van der Waals surface area (Å²) in [5.41, 5.74) is 21.1. The van der Waals surface area contributed by atoms with Gasteiger partial charge in [0.1, 0.15) is 24.7 Å². The van der Waals surface area contributed by atoms with E-state index in [9.17, 15) is 4.79 Å². The van der Waals surface area contributed by atoms with Crippen LogP contribution in [0.4, 0.5) is 11.4 Å². The number of aldehydes is 1. The Kier molecular flexibility index (Phi) is 17.1. The Morgan fingerprint density at radius 3 is 1.41 bits per heavy atom. The number of nitrogens with one attached hydrogen (secondary N) is 1. The average molecular weight is 905 g/mol. The van der Waals surface area contributed by atoms with Crippen molar-refractivity contribution >= 4 is 17.7 Å². The molecule has 8 aromatic rings. The highest BCUT2D eigenvalue weighted by molar-refractivity contribution is 5.78. The molecule has 0 aliphatic heterocycles. The number of hydrogen-bond acceptors (Lipinski definition) is 11. The lowest BCUT2D eigenvalue weighted by Gasteiger charge is -2.16. The molecule has 6 aromatic carbocycles. The molecule has 69 heavy (non-hydrogen) atoms. The summed E-state index contributed by atoms with van der Waals surface area (Å²) in [7, 11) is 0. The number of pyridine rings is 2. The SMILES string of the molecule is Cc1ncc(C=O)c(C)c1OCc1cccc(C#N)c1.Cc1ncc(CNc2ccc(-c3ccc(C#N)cc3)cc2)c(C)c1OCc1cccc(C#N)c1.N#Cc1ccc(-c2ccc(N)cc2)cc1. The predicted molar refractivity (Wildman–Crippen MR) is 269 cm³/mol. The highest BCUT2D eigenvalue weighted by Crippen LogP contribution is 2.28. The van der Waals surface area contributed by atoms with Crippen LogP contribution in [0, 0.1) is 73.0 Å². The average Bonchev–Trinajstić information content (AvgIpc) is 3.39. The Bertz CT molecular complexity index is 3210. The van der Waals surface area contributed by atoms with E-state index >= 15 is 0 Å². The molecular weight excluding hydrogens is 857 g/mol. The van der Waals surface area contributed by atoms with E-state index < -0.39 is 0 Å². The molecule has 0 amide bonds. The van der Waals surface area contributed by atoms with E-state index in [-0.39, 0.29) is 0 Å². The van der Waals surface area contributed by atoms with E-state index in [4.69, 9.17) is 36.3 Å². The van der Waals surface area contributed by atoms with Crippen LogP contribution < -0.4 is 20.5 Å². The molecule has 2 aromatic heterocycles. The van der Waals surface area contributed by atoms with Crippen molar-refractivity contribution in [2.45, 2.75) is 47.5 Å². The number of nitriles is 4. The third-order valence-electron chi connectivity index (χ3n) is 11.0. The maximum Gasteiger partial charge on any atom is 0.152 e. The van der Waals surface area contributed by atoms with Gasteiger partial charge in [-0.1, -0.05) is 72.8 Å². The molecule has 11 heteroatoms. The van der Waals surface area contributed by atoms with E-state index in [1.807, 2.05) is 149 Å². The molecule has 0 saturated carbocycles. The summed E-state index contributed by atoms with van der Waals surface area (Å²) in [6.45, 7) is 8.99. The van der Waals surface area contributed by atoms with Crippen LogP contribution in [0.5, 0.6) is 11.5 Å². The molecule has 0 bridgehead atoms. The van der Waals surface area contributed by atoms with E-state index in [1.54, 1.807) is 24.4 Å². The fourth-order valence-electron chi connectivity index (χ4n) is 7.09. The third-order valence-corrected chi connectivity index (χ3v) is 11.0. The van der Waals surface area contributed by atoms with Crippen molar-refractivity contribution in [2.75, 3.05) is 11.1 Å². The minimum absolute atomic E-state index is 0.335. The molecule has 11 nitrogen and oxygen atoms in total. The zero-order valence-corrected chi connectivity index (χ0v) is 38.7. The zero-order chi connectivity index (χ0) is 49.1. The Morgan fingerprint density at radius 2 is 0.957 bits per heavy atom. The standard InChI is InChI=1S/C29H24N4O.C16H14N2O2.C13H10N2/c1-20-27(17-32-21(2)29(20)34-19-24-5-3-4-23(14-24)16-31)18-33-28-12-10-26(11-13-28)25-8-6-22(15-30)7-9-25;1-11-15(9-19)8-18-12(2)16(11)20-10-14-5-3-4-13(6-14)7-17;14-9-10-1-3-11(4-2-10)12-5-7-13(15)8-6-12/h3-14,17,33H,18-19H2,1-2H3;3-6,8-9H,10H2,1-2H3;1-8H,15H2. The summed E-state index contributed by atoms with van der Waals surface area (Å²) < 4.78 is 11.9. The normalized spacial score (nSPS) is 9.97. The second kappa shape index (κ2) is 24.1. The van der Waals surface area contributed by atoms with Gasteiger partial charge in [-0.05, 0) is 145 Å². The first-order valence-electron chi connectivity index (χ1n) is 21.8. The lowest BCUT2D eigenvalue weighted by atomic mass is 10.0. The molecule has 0 unspecified atom stereocenters. The fourth-order valence-corrected chi connectivity index (χ4v) is 7.09. The molecule has 338 valence electrons. The van der Waals surface area contributed by atoms with Crippen molar-refractivity contribution in [3.8, 4) is 58.0 Å². The van der Waals surface area contributed by atoms with Crippen molar-refractivity contribution in [2.24, 2.45) is 0 Å². The number of benzene rings is 6. The van der Waals surface area contributed by atoms with Gasteiger partial charge in [-0.2, -0.15) is 21.0 Å². The van der Waals surface area contributed by atoms with Crippen molar-refractivity contribution in [3.05, 3.63) is 225 Å². The Labute approximate surface area is 403 Å². The van der Waals surface area contributed by atoms with Gasteiger partial charge in [0.25, 0.3) is 0 Å². The van der Waals surface area contributed by atoms with Gasteiger partial charge < -0.3 is 20.5 Å². The Balaban J connectivity index is 0.000000188. The fraction of sp³-hybridized carbons (Fsp3) is 0.121. The molecule has 8 rings (SSSR count). The molecular formula is C58H48N8O3. The number of ether oxygens (including phenoxy) is 2. The first kappa shape index (κ1) is 48.9. The van der Waals surface area contributed by atoms with Gasteiger partial charge in [0.05, 0.1) is 57.9 Å². The van der Waals surface area contributed by atoms with Gasteiger partial charge in [0.2, 0.25) is 0 Å². The van der Waals surface area contributed by atoms with Crippen LogP contribution in [0.2, 0.25) is 0 Å². The highest BCUT2D eigenvalue weighted by atomic mass is 16.5. The number of rotatable bonds is 12. The Morgan fingerprint density at radius 1 is 0.536 bits per heavy atom. The third kappa shape index (κ3) is 13.5. The number of aromatic nitrogens is 2. The van der Waals surface area contributed by atoms with Crippen molar-refractivity contribution in [1.82, 2.24) is 9.97 Å². The van der Waals surface area contributed by atoms with Crippen LogP contribution >= 0.6 is 0 Å². The van der Waals surface area contributed by atoms with Crippen LogP contribution in [0.15, 0.2) is 158 Å². The molecule has 0 spiro atoms. The number of nitrogen functional groups attached to an aromatic ring is 1. The summed E-state index contributed by atoms with van der Waals surface area (Å²) in [5.74, 6) is 1.40.